The smallest absolute Gasteiger partial charge is 0.396 e. The van der Waals surface area contributed by atoms with Crippen LogP contribution in [0.1, 0.15) is 11.1 Å². The summed E-state index contributed by atoms with van der Waals surface area (Å²) < 4.78 is 50.8. The van der Waals surface area contributed by atoms with Crippen molar-refractivity contribution in [1.29, 1.82) is 0 Å². The largest absolute Gasteiger partial charge is 0.416 e. The molecule has 0 aromatic heterocycles. The van der Waals surface area contributed by atoms with Crippen molar-refractivity contribution in [2.24, 2.45) is 0 Å². The Morgan fingerprint density at radius 2 is 1.50 bits per heavy atom. The van der Waals surface area contributed by atoms with E-state index >= 15 is 0 Å². The van der Waals surface area contributed by atoms with E-state index in [4.69, 9.17) is 5.11 Å². The molecule has 1 N–H and O–H groups in total. The Balaban J connectivity index is 2.34. The van der Waals surface area contributed by atoms with Crippen molar-refractivity contribution in [2.75, 3.05) is 6.61 Å². The van der Waals surface area contributed by atoms with Crippen LogP contribution in [0.2, 0.25) is 0 Å². The molecule has 0 aliphatic carbocycles. The molecule has 0 aliphatic heterocycles. The van der Waals surface area contributed by atoms with Gasteiger partial charge in [0, 0.05) is 6.61 Å². The maximum absolute atomic E-state index is 13.4. The summed E-state index contributed by atoms with van der Waals surface area (Å²) in [5.74, 6) is -0.435. The summed E-state index contributed by atoms with van der Waals surface area (Å²) in [7, 11) is 0. The highest BCUT2D eigenvalue weighted by Crippen LogP contribution is 2.31. The van der Waals surface area contributed by atoms with E-state index in [-0.39, 0.29) is 13.0 Å². The third-order valence-electron chi connectivity index (χ3n) is 2.97. The molecule has 20 heavy (non-hydrogen) atoms. The van der Waals surface area contributed by atoms with Gasteiger partial charge >= 0.3 is 6.18 Å². The molecular formula is C15H12F4O. The van der Waals surface area contributed by atoms with E-state index in [1.807, 2.05) is 0 Å². The van der Waals surface area contributed by atoms with Gasteiger partial charge in [0.2, 0.25) is 0 Å². The van der Waals surface area contributed by atoms with Crippen molar-refractivity contribution in [3.05, 3.63) is 59.4 Å². The number of halogens is 4. The highest BCUT2D eigenvalue weighted by atomic mass is 19.4. The van der Waals surface area contributed by atoms with E-state index < -0.39 is 17.6 Å². The second kappa shape index (κ2) is 5.63. The van der Waals surface area contributed by atoms with Crippen LogP contribution in [0, 0.1) is 5.82 Å². The first kappa shape index (κ1) is 14.5. The first-order chi connectivity index (χ1) is 9.41. The normalized spacial score (nSPS) is 11.7. The zero-order valence-corrected chi connectivity index (χ0v) is 10.4. The number of aliphatic hydroxyl groups is 1. The van der Waals surface area contributed by atoms with Crippen LogP contribution in [0.4, 0.5) is 17.6 Å². The molecule has 106 valence electrons. The van der Waals surface area contributed by atoms with Crippen molar-refractivity contribution in [2.45, 2.75) is 12.6 Å². The zero-order chi connectivity index (χ0) is 14.8. The lowest BCUT2D eigenvalue weighted by Gasteiger charge is -2.09. The molecule has 0 saturated heterocycles. The molecule has 0 saturated carbocycles. The molecule has 1 nitrogen and oxygen atoms in total. The van der Waals surface area contributed by atoms with E-state index in [0.717, 1.165) is 12.1 Å². The standard InChI is InChI=1S/C15H12F4O/c16-14-6-3-11(9-12(14)7-8-20)10-1-4-13(5-2-10)15(17,18)19/h1-6,9,20H,7-8H2. The summed E-state index contributed by atoms with van der Waals surface area (Å²) in [6.07, 6.45) is -4.20. The summed E-state index contributed by atoms with van der Waals surface area (Å²) in [5.41, 5.74) is 0.796. The quantitative estimate of drug-likeness (QED) is 0.843. The van der Waals surface area contributed by atoms with E-state index in [0.29, 0.717) is 16.7 Å². The molecule has 0 heterocycles. The van der Waals surface area contributed by atoms with Gasteiger partial charge in [-0.25, -0.2) is 4.39 Å². The van der Waals surface area contributed by atoms with E-state index in [9.17, 15) is 17.6 Å². The summed E-state index contributed by atoms with van der Waals surface area (Å²) in [4.78, 5) is 0. The molecule has 0 aliphatic rings. The molecule has 0 atom stereocenters. The number of hydrogen-bond acceptors (Lipinski definition) is 1. The minimum Gasteiger partial charge on any atom is -0.396 e. The van der Waals surface area contributed by atoms with Gasteiger partial charge in [-0.1, -0.05) is 18.2 Å². The fourth-order valence-corrected chi connectivity index (χ4v) is 1.92. The first-order valence-electron chi connectivity index (χ1n) is 5.99. The number of hydrogen-bond donors (Lipinski definition) is 1. The van der Waals surface area contributed by atoms with Crippen LogP contribution in [0.25, 0.3) is 11.1 Å². The number of rotatable bonds is 3. The highest BCUT2D eigenvalue weighted by molar-refractivity contribution is 5.64. The SMILES string of the molecule is OCCc1cc(-c2ccc(C(F)(F)F)cc2)ccc1F. The lowest BCUT2D eigenvalue weighted by atomic mass is 10.0. The van der Waals surface area contributed by atoms with Crippen LogP contribution in [-0.4, -0.2) is 11.7 Å². The van der Waals surface area contributed by atoms with Crippen molar-refractivity contribution in [3.8, 4) is 11.1 Å². The first-order valence-corrected chi connectivity index (χ1v) is 5.99. The third-order valence-corrected chi connectivity index (χ3v) is 2.97. The van der Waals surface area contributed by atoms with Crippen LogP contribution in [-0.2, 0) is 12.6 Å². The van der Waals surface area contributed by atoms with Crippen LogP contribution < -0.4 is 0 Å². The van der Waals surface area contributed by atoms with Gasteiger partial charge in [-0.15, -0.1) is 0 Å². The van der Waals surface area contributed by atoms with Gasteiger partial charge in [0.25, 0.3) is 0 Å². The Morgan fingerprint density at radius 1 is 0.900 bits per heavy atom. The second-order valence-corrected chi connectivity index (χ2v) is 4.35. The number of alkyl halides is 3. The van der Waals surface area contributed by atoms with E-state index in [1.165, 1.54) is 30.3 Å². The minimum absolute atomic E-state index is 0.167. The molecule has 0 fully saturated rings. The Bertz CT molecular complexity index is 588. The van der Waals surface area contributed by atoms with Gasteiger partial charge in [0.15, 0.2) is 0 Å². The second-order valence-electron chi connectivity index (χ2n) is 4.35. The lowest BCUT2D eigenvalue weighted by molar-refractivity contribution is -0.137. The van der Waals surface area contributed by atoms with Gasteiger partial charge < -0.3 is 5.11 Å². The molecule has 0 unspecified atom stereocenters. The van der Waals surface area contributed by atoms with Gasteiger partial charge in [0.1, 0.15) is 5.82 Å². The molecule has 2 aromatic carbocycles. The maximum atomic E-state index is 13.4. The molecule has 0 radical (unpaired) electrons. The average molecular weight is 284 g/mol. The topological polar surface area (TPSA) is 20.2 Å². The van der Waals surface area contributed by atoms with E-state index in [2.05, 4.69) is 0 Å². The number of aliphatic hydroxyl groups excluding tert-OH is 1. The van der Waals surface area contributed by atoms with Crippen molar-refractivity contribution < 1.29 is 22.7 Å². The van der Waals surface area contributed by atoms with Gasteiger partial charge in [-0.2, -0.15) is 13.2 Å². The maximum Gasteiger partial charge on any atom is 0.416 e. The summed E-state index contributed by atoms with van der Waals surface area (Å²) in [6, 6.07) is 8.96. The lowest BCUT2D eigenvalue weighted by Crippen LogP contribution is -2.04. The van der Waals surface area contributed by atoms with Crippen molar-refractivity contribution in [3.63, 3.8) is 0 Å². The Morgan fingerprint density at radius 3 is 2.05 bits per heavy atom. The molecule has 0 bridgehead atoms. The minimum atomic E-state index is -4.37. The summed E-state index contributed by atoms with van der Waals surface area (Å²) >= 11 is 0. The summed E-state index contributed by atoms with van der Waals surface area (Å²) in [5, 5.41) is 8.84. The molecule has 0 spiro atoms. The molecule has 0 amide bonds. The zero-order valence-electron chi connectivity index (χ0n) is 10.4. The van der Waals surface area contributed by atoms with Crippen molar-refractivity contribution >= 4 is 0 Å². The third kappa shape index (κ3) is 3.17. The Kier molecular flexibility index (Phi) is 4.09. The summed E-state index contributed by atoms with van der Waals surface area (Å²) in [6.45, 7) is -0.187. The fraction of sp³-hybridized carbons (Fsp3) is 0.200. The molecule has 2 rings (SSSR count). The van der Waals surface area contributed by atoms with Crippen molar-refractivity contribution in [1.82, 2.24) is 0 Å². The fourth-order valence-electron chi connectivity index (χ4n) is 1.92. The average Bonchev–Trinajstić information content (AvgIpc) is 2.41. The van der Waals surface area contributed by atoms with E-state index in [1.54, 1.807) is 0 Å². The Labute approximate surface area is 113 Å². The predicted molar refractivity (Wildman–Crippen MR) is 67.6 cm³/mol. The van der Waals surface area contributed by atoms with Crippen LogP contribution in [0.3, 0.4) is 0 Å². The van der Waals surface area contributed by atoms with Crippen LogP contribution in [0.5, 0.6) is 0 Å². The van der Waals surface area contributed by atoms with Gasteiger partial charge in [0.05, 0.1) is 5.56 Å². The molecule has 2 aromatic rings. The van der Waals surface area contributed by atoms with Crippen LogP contribution in [0.15, 0.2) is 42.5 Å². The van der Waals surface area contributed by atoms with Crippen LogP contribution >= 0.6 is 0 Å². The van der Waals surface area contributed by atoms with Gasteiger partial charge in [-0.3, -0.25) is 0 Å². The Hall–Kier alpha value is -1.88. The molecule has 5 heteroatoms. The number of benzene rings is 2. The molecular weight excluding hydrogens is 272 g/mol. The highest BCUT2D eigenvalue weighted by Gasteiger charge is 2.29. The monoisotopic (exact) mass is 284 g/mol. The predicted octanol–water partition coefficient (Wildman–Crippen LogP) is 4.05. The van der Waals surface area contributed by atoms with Gasteiger partial charge in [-0.05, 0) is 47.4 Å².